The average molecular weight is 323 g/mol. The minimum atomic E-state index is -0.0377. The van der Waals surface area contributed by atoms with E-state index in [1.54, 1.807) is 10.6 Å². The van der Waals surface area contributed by atoms with Crippen molar-refractivity contribution >= 4 is 22.2 Å². The Labute approximate surface area is 140 Å². The first-order valence-electron chi connectivity index (χ1n) is 8.22. The number of aryl methyl sites for hydroxylation is 1. The van der Waals surface area contributed by atoms with Crippen molar-refractivity contribution in [3.63, 3.8) is 0 Å². The summed E-state index contributed by atoms with van der Waals surface area (Å²) in [5, 5.41) is 1.04. The zero-order valence-corrected chi connectivity index (χ0v) is 14.1. The van der Waals surface area contributed by atoms with E-state index < -0.39 is 0 Å². The van der Waals surface area contributed by atoms with E-state index in [0.717, 1.165) is 51.3 Å². The van der Waals surface area contributed by atoms with Crippen molar-refractivity contribution in [3.05, 3.63) is 52.0 Å². The van der Waals surface area contributed by atoms with E-state index in [9.17, 15) is 4.79 Å². The summed E-state index contributed by atoms with van der Waals surface area (Å²) in [6.45, 7) is 10.4. The fourth-order valence-electron chi connectivity index (χ4n) is 3.76. The van der Waals surface area contributed by atoms with Gasteiger partial charge in [-0.05, 0) is 37.1 Å². The molecule has 124 valence electrons. The highest BCUT2D eigenvalue weighted by Crippen LogP contribution is 2.47. The molecule has 0 unspecified atom stereocenters. The van der Waals surface area contributed by atoms with Gasteiger partial charge in [0.1, 0.15) is 6.61 Å². The summed E-state index contributed by atoms with van der Waals surface area (Å²) in [7, 11) is 0. The van der Waals surface area contributed by atoms with Crippen molar-refractivity contribution in [2.45, 2.75) is 20.4 Å². The predicted molar refractivity (Wildman–Crippen MR) is 97.6 cm³/mol. The summed E-state index contributed by atoms with van der Waals surface area (Å²) in [6.07, 6.45) is 2.11. The molecule has 1 aromatic heterocycles. The third kappa shape index (κ3) is 1.94. The quantitative estimate of drug-likeness (QED) is 0.922. The maximum absolute atomic E-state index is 12.5. The highest BCUT2D eigenvalue weighted by Gasteiger charge is 2.30. The number of benzene rings is 1. The van der Waals surface area contributed by atoms with Crippen molar-refractivity contribution < 1.29 is 4.74 Å². The molecule has 5 heteroatoms. The second-order valence-corrected chi connectivity index (χ2v) is 6.42. The van der Waals surface area contributed by atoms with Gasteiger partial charge in [-0.25, -0.2) is 0 Å². The summed E-state index contributed by atoms with van der Waals surface area (Å²) in [4.78, 5) is 14.7. The van der Waals surface area contributed by atoms with Gasteiger partial charge in [-0.15, -0.1) is 0 Å². The monoisotopic (exact) mass is 323 g/mol. The number of hydrogen-bond acceptors (Lipinski definition) is 4. The highest BCUT2D eigenvalue weighted by atomic mass is 16.5. The molecule has 0 aliphatic carbocycles. The molecular formula is C19H21N3O2. The molecule has 5 nitrogen and oxygen atoms in total. The van der Waals surface area contributed by atoms with Crippen molar-refractivity contribution in [1.29, 1.82) is 0 Å². The number of hydrogen-bond donors (Lipinski definition) is 1. The minimum Gasteiger partial charge on any atom is -0.487 e. The van der Waals surface area contributed by atoms with Crippen molar-refractivity contribution in [2.75, 3.05) is 24.6 Å². The van der Waals surface area contributed by atoms with Crippen LogP contribution in [0.1, 0.15) is 18.1 Å². The van der Waals surface area contributed by atoms with Crippen LogP contribution < -0.4 is 20.9 Å². The van der Waals surface area contributed by atoms with Crippen LogP contribution in [0.4, 0.5) is 5.69 Å². The molecule has 0 fully saturated rings. The van der Waals surface area contributed by atoms with Crippen LogP contribution in [-0.2, 0) is 6.54 Å². The van der Waals surface area contributed by atoms with Gasteiger partial charge in [0.15, 0.2) is 5.75 Å². The van der Waals surface area contributed by atoms with Gasteiger partial charge in [0, 0.05) is 35.8 Å². The molecule has 3 heterocycles. The number of nitrogens with zero attached hydrogens (tertiary/aromatic N) is 2. The van der Waals surface area contributed by atoms with Gasteiger partial charge in [-0.2, -0.15) is 0 Å². The number of aromatic nitrogens is 1. The molecule has 2 aromatic rings. The Morgan fingerprint density at radius 3 is 2.88 bits per heavy atom. The molecule has 0 saturated carbocycles. The average Bonchev–Trinajstić information content (AvgIpc) is 2.55. The molecule has 0 spiro atoms. The normalized spacial score (nSPS) is 16.0. The largest absolute Gasteiger partial charge is 0.487 e. The van der Waals surface area contributed by atoms with Crippen LogP contribution in [0.3, 0.4) is 0 Å². The summed E-state index contributed by atoms with van der Waals surface area (Å²) >= 11 is 0. The summed E-state index contributed by atoms with van der Waals surface area (Å²) in [5.74, 6) is 0.775. The van der Waals surface area contributed by atoms with Gasteiger partial charge in [-0.3, -0.25) is 4.79 Å². The number of nitrogens with two attached hydrogens (primary N) is 1. The SMILES string of the molecule is C=C1C=C(C)c2cc3c(C)cc(=O)n(CCN)c3c3c2N1CCO3. The summed E-state index contributed by atoms with van der Waals surface area (Å²) in [5.41, 5.74) is 11.8. The molecule has 24 heavy (non-hydrogen) atoms. The van der Waals surface area contributed by atoms with Crippen LogP contribution in [0.25, 0.3) is 16.5 Å². The zero-order chi connectivity index (χ0) is 17.0. The fraction of sp³-hybridized carbons (Fsp3) is 0.316. The molecule has 0 atom stereocenters. The maximum atomic E-state index is 12.5. The molecular weight excluding hydrogens is 302 g/mol. The first-order chi connectivity index (χ1) is 11.5. The van der Waals surface area contributed by atoms with Gasteiger partial charge in [0.05, 0.1) is 17.7 Å². The number of ether oxygens (including phenoxy) is 1. The Kier molecular flexibility index (Phi) is 3.28. The number of pyridine rings is 1. The molecule has 4 rings (SSSR count). The van der Waals surface area contributed by atoms with E-state index >= 15 is 0 Å². The highest BCUT2D eigenvalue weighted by molar-refractivity contribution is 6.01. The van der Waals surface area contributed by atoms with Crippen LogP contribution in [0.2, 0.25) is 0 Å². The molecule has 0 bridgehead atoms. The summed E-state index contributed by atoms with van der Waals surface area (Å²) < 4.78 is 7.80. The number of rotatable bonds is 2. The first kappa shape index (κ1) is 15.0. The molecule has 2 N–H and O–H groups in total. The second kappa shape index (κ2) is 5.24. The lowest BCUT2D eigenvalue weighted by Crippen LogP contribution is -2.34. The molecule has 2 aliphatic heterocycles. The van der Waals surface area contributed by atoms with Gasteiger partial charge in [-0.1, -0.05) is 6.58 Å². The van der Waals surface area contributed by atoms with Gasteiger partial charge in [0.25, 0.3) is 5.56 Å². The standard InChI is InChI=1S/C19H21N3O2/c1-11-8-13(3)21-6-7-24-19-17(21)14(11)10-15-12(2)9-16(23)22(5-4-20)18(15)19/h8-10H,3-7,20H2,1-2H3. The maximum Gasteiger partial charge on any atom is 0.251 e. The van der Waals surface area contributed by atoms with Crippen LogP contribution in [0.5, 0.6) is 5.75 Å². The van der Waals surface area contributed by atoms with Crippen molar-refractivity contribution in [1.82, 2.24) is 4.57 Å². The Hall–Kier alpha value is -2.53. The lowest BCUT2D eigenvalue weighted by atomic mass is 9.93. The first-order valence-corrected chi connectivity index (χ1v) is 8.22. The number of allylic oxidation sites excluding steroid dienone is 2. The fourth-order valence-corrected chi connectivity index (χ4v) is 3.76. The van der Waals surface area contributed by atoms with Gasteiger partial charge < -0.3 is 19.9 Å². The Bertz CT molecular complexity index is 969. The van der Waals surface area contributed by atoms with Gasteiger partial charge >= 0.3 is 0 Å². The Morgan fingerprint density at radius 2 is 2.12 bits per heavy atom. The smallest absolute Gasteiger partial charge is 0.251 e. The third-order valence-corrected chi connectivity index (χ3v) is 4.87. The van der Waals surface area contributed by atoms with Crippen LogP contribution >= 0.6 is 0 Å². The van der Waals surface area contributed by atoms with Crippen molar-refractivity contribution in [2.24, 2.45) is 5.73 Å². The lowest BCUT2D eigenvalue weighted by Gasteiger charge is -2.37. The van der Waals surface area contributed by atoms with E-state index in [2.05, 4.69) is 30.5 Å². The van der Waals surface area contributed by atoms with E-state index in [0.29, 0.717) is 19.7 Å². The Balaban J connectivity index is 2.19. The second-order valence-electron chi connectivity index (χ2n) is 6.42. The third-order valence-electron chi connectivity index (χ3n) is 4.87. The number of anilines is 1. The van der Waals surface area contributed by atoms with Crippen LogP contribution in [0.15, 0.2) is 35.3 Å². The van der Waals surface area contributed by atoms with E-state index in [4.69, 9.17) is 10.5 Å². The lowest BCUT2D eigenvalue weighted by molar-refractivity contribution is 0.314. The van der Waals surface area contributed by atoms with Crippen LogP contribution in [-0.4, -0.2) is 24.3 Å². The zero-order valence-electron chi connectivity index (χ0n) is 14.1. The number of fused-ring (bicyclic) bond motifs is 2. The molecule has 2 aliphatic rings. The Morgan fingerprint density at radius 1 is 1.33 bits per heavy atom. The van der Waals surface area contributed by atoms with E-state index in [-0.39, 0.29) is 5.56 Å². The molecule has 1 aromatic carbocycles. The molecule has 0 saturated heterocycles. The van der Waals surface area contributed by atoms with Crippen molar-refractivity contribution in [3.8, 4) is 5.75 Å². The molecule has 0 radical (unpaired) electrons. The predicted octanol–water partition coefficient (Wildman–Crippen LogP) is 2.40. The topological polar surface area (TPSA) is 60.5 Å². The minimum absolute atomic E-state index is 0.0377. The molecule has 0 amide bonds. The van der Waals surface area contributed by atoms with Crippen LogP contribution in [0, 0.1) is 6.92 Å². The van der Waals surface area contributed by atoms with Gasteiger partial charge in [0.2, 0.25) is 0 Å². The van der Waals surface area contributed by atoms with E-state index in [1.807, 2.05) is 6.92 Å². The summed E-state index contributed by atoms with van der Waals surface area (Å²) in [6, 6.07) is 3.84. The van der Waals surface area contributed by atoms with E-state index in [1.165, 1.54) is 0 Å².